The van der Waals surface area contributed by atoms with E-state index in [-0.39, 0.29) is 0 Å². The van der Waals surface area contributed by atoms with E-state index in [1.807, 2.05) is 0 Å². The number of aromatic nitrogens is 2. The van der Waals surface area contributed by atoms with Crippen LogP contribution in [0.1, 0.15) is 26.2 Å². The van der Waals surface area contributed by atoms with Gasteiger partial charge >= 0.3 is 0 Å². The Kier molecular flexibility index (Phi) is 3.59. The maximum absolute atomic E-state index is 5.05. The highest BCUT2D eigenvalue weighted by Crippen LogP contribution is 2.30. The lowest BCUT2D eigenvalue weighted by Crippen LogP contribution is -2.13. The molecule has 1 N–H and O–H groups in total. The van der Waals surface area contributed by atoms with Crippen molar-refractivity contribution in [1.82, 2.24) is 9.97 Å². The van der Waals surface area contributed by atoms with Crippen molar-refractivity contribution in [1.29, 1.82) is 0 Å². The summed E-state index contributed by atoms with van der Waals surface area (Å²) in [6, 6.07) is 1.75. The van der Waals surface area contributed by atoms with Gasteiger partial charge in [0, 0.05) is 18.8 Å². The van der Waals surface area contributed by atoms with E-state index in [1.165, 1.54) is 19.3 Å². The van der Waals surface area contributed by atoms with E-state index in [9.17, 15) is 0 Å². The van der Waals surface area contributed by atoms with E-state index in [4.69, 9.17) is 4.74 Å². The Morgan fingerprint density at radius 3 is 3.06 bits per heavy atom. The minimum Gasteiger partial charge on any atom is -0.481 e. The molecular weight excluding hydrogens is 202 g/mol. The van der Waals surface area contributed by atoms with Gasteiger partial charge in [0.2, 0.25) is 11.8 Å². The Morgan fingerprint density at radius 1 is 1.50 bits per heavy atom. The van der Waals surface area contributed by atoms with Crippen LogP contribution in [0.5, 0.6) is 5.88 Å². The molecule has 2 rings (SSSR count). The number of methoxy groups -OCH3 is 1. The van der Waals surface area contributed by atoms with E-state index >= 15 is 0 Å². The molecule has 1 saturated carbocycles. The summed E-state index contributed by atoms with van der Waals surface area (Å²) in [6.07, 6.45) is 5.70. The summed E-state index contributed by atoms with van der Waals surface area (Å²) >= 11 is 0. The Morgan fingerprint density at radius 2 is 2.38 bits per heavy atom. The lowest BCUT2D eigenvalue weighted by atomic mass is 10.1. The molecule has 2 unspecified atom stereocenters. The van der Waals surface area contributed by atoms with Crippen molar-refractivity contribution in [3.05, 3.63) is 12.3 Å². The first-order chi connectivity index (χ1) is 7.78. The van der Waals surface area contributed by atoms with Crippen LogP contribution in [0.3, 0.4) is 0 Å². The van der Waals surface area contributed by atoms with E-state index in [1.54, 1.807) is 19.4 Å². The van der Waals surface area contributed by atoms with Crippen LogP contribution >= 0.6 is 0 Å². The second-order valence-corrected chi connectivity index (χ2v) is 4.59. The number of ether oxygens (including phenoxy) is 1. The summed E-state index contributed by atoms with van der Waals surface area (Å²) in [5.74, 6) is 2.92. The second kappa shape index (κ2) is 5.14. The molecule has 0 spiro atoms. The minimum atomic E-state index is 0.609. The number of nitrogens with one attached hydrogen (secondary N) is 1. The van der Waals surface area contributed by atoms with Crippen LogP contribution in [0.2, 0.25) is 0 Å². The van der Waals surface area contributed by atoms with Crippen molar-refractivity contribution in [2.75, 3.05) is 19.0 Å². The van der Waals surface area contributed by atoms with Gasteiger partial charge in [-0.1, -0.05) is 13.3 Å². The monoisotopic (exact) mass is 221 g/mol. The molecule has 0 aromatic carbocycles. The third-order valence-electron chi connectivity index (χ3n) is 3.19. The van der Waals surface area contributed by atoms with Gasteiger partial charge in [-0.25, -0.2) is 4.98 Å². The molecule has 88 valence electrons. The largest absolute Gasteiger partial charge is 0.481 e. The average Bonchev–Trinajstić information content (AvgIpc) is 2.73. The predicted molar refractivity (Wildman–Crippen MR) is 63.6 cm³/mol. The highest BCUT2D eigenvalue weighted by Gasteiger charge is 2.20. The fourth-order valence-electron chi connectivity index (χ4n) is 2.29. The van der Waals surface area contributed by atoms with Crippen LogP contribution < -0.4 is 10.1 Å². The highest BCUT2D eigenvalue weighted by atomic mass is 16.5. The van der Waals surface area contributed by atoms with Crippen LogP contribution in [0.15, 0.2) is 12.3 Å². The topological polar surface area (TPSA) is 47.0 Å². The molecule has 1 aliphatic carbocycles. The molecule has 1 heterocycles. The Balaban J connectivity index is 1.84. The Hall–Kier alpha value is -1.32. The number of hydrogen-bond acceptors (Lipinski definition) is 4. The predicted octanol–water partition coefficient (Wildman–Crippen LogP) is 2.33. The average molecular weight is 221 g/mol. The lowest BCUT2D eigenvalue weighted by Gasteiger charge is -2.11. The smallest absolute Gasteiger partial charge is 0.225 e. The van der Waals surface area contributed by atoms with Crippen molar-refractivity contribution < 1.29 is 4.74 Å². The van der Waals surface area contributed by atoms with E-state index < -0.39 is 0 Å². The third-order valence-corrected chi connectivity index (χ3v) is 3.19. The maximum Gasteiger partial charge on any atom is 0.225 e. The van der Waals surface area contributed by atoms with Crippen molar-refractivity contribution >= 4 is 5.95 Å². The maximum atomic E-state index is 5.05. The van der Waals surface area contributed by atoms with Crippen LogP contribution in [0.4, 0.5) is 5.95 Å². The number of hydrogen-bond donors (Lipinski definition) is 1. The van der Waals surface area contributed by atoms with Gasteiger partial charge in [0.25, 0.3) is 0 Å². The van der Waals surface area contributed by atoms with Crippen LogP contribution in [-0.4, -0.2) is 23.6 Å². The normalized spacial score (nSPS) is 24.4. The van der Waals surface area contributed by atoms with Gasteiger partial charge in [-0.05, 0) is 24.7 Å². The van der Waals surface area contributed by atoms with Gasteiger partial charge in [0.15, 0.2) is 0 Å². The van der Waals surface area contributed by atoms with Crippen molar-refractivity contribution in [2.45, 2.75) is 26.2 Å². The van der Waals surface area contributed by atoms with Gasteiger partial charge < -0.3 is 10.1 Å². The molecule has 0 amide bonds. The first kappa shape index (κ1) is 11.2. The molecular formula is C12H19N3O. The molecule has 0 aliphatic heterocycles. The Bertz CT molecular complexity index is 343. The van der Waals surface area contributed by atoms with Gasteiger partial charge in [-0.2, -0.15) is 4.98 Å². The zero-order valence-corrected chi connectivity index (χ0v) is 9.94. The third kappa shape index (κ3) is 2.84. The Labute approximate surface area is 96.4 Å². The summed E-state index contributed by atoms with van der Waals surface area (Å²) in [5, 5.41) is 3.28. The van der Waals surface area contributed by atoms with Crippen LogP contribution in [0.25, 0.3) is 0 Å². The van der Waals surface area contributed by atoms with Crippen LogP contribution in [0, 0.1) is 11.8 Å². The highest BCUT2D eigenvalue weighted by molar-refractivity contribution is 5.27. The second-order valence-electron chi connectivity index (χ2n) is 4.59. The number of anilines is 1. The van der Waals surface area contributed by atoms with Gasteiger partial charge in [-0.15, -0.1) is 0 Å². The van der Waals surface area contributed by atoms with Crippen LogP contribution in [-0.2, 0) is 0 Å². The van der Waals surface area contributed by atoms with Gasteiger partial charge in [0.1, 0.15) is 0 Å². The summed E-state index contributed by atoms with van der Waals surface area (Å²) < 4.78 is 5.05. The number of rotatable bonds is 4. The lowest BCUT2D eigenvalue weighted by molar-refractivity contribution is 0.397. The zero-order valence-electron chi connectivity index (χ0n) is 9.94. The molecule has 0 bridgehead atoms. The zero-order chi connectivity index (χ0) is 11.4. The minimum absolute atomic E-state index is 0.609. The summed E-state index contributed by atoms with van der Waals surface area (Å²) in [4.78, 5) is 8.39. The fourth-order valence-corrected chi connectivity index (χ4v) is 2.29. The van der Waals surface area contributed by atoms with Gasteiger partial charge in [-0.3, -0.25) is 0 Å². The standard InChI is InChI=1S/C12H19N3O/c1-9-3-4-10(7-9)8-14-12-13-6-5-11(15-12)16-2/h5-6,9-10H,3-4,7-8H2,1-2H3,(H,13,14,15). The molecule has 16 heavy (non-hydrogen) atoms. The molecule has 1 aliphatic rings. The molecule has 2 atom stereocenters. The van der Waals surface area contributed by atoms with Crippen molar-refractivity contribution in [3.8, 4) is 5.88 Å². The van der Waals surface area contributed by atoms with E-state index in [0.29, 0.717) is 11.8 Å². The molecule has 1 aromatic rings. The molecule has 1 fully saturated rings. The summed E-state index contributed by atoms with van der Waals surface area (Å²) in [5.41, 5.74) is 0. The van der Waals surface area contributed by atoms with E-state index in [0.717, 1.165) is 18.4 Å². The fraction of sp³-hybridized carbons (Fsp3) is 0.667. The molecule has 4 heteroatoms. The van der Waals surface area contributed by atoms with Crippen molar-refractivity contribution in [3.63, 3.8) is 0 Å². The molecule has 0 radical (unpaired) electrons. The molecule has 1 aromatic heterocycles. The summed E-state index contributed by atoms with van der Waals surface area (Å²) in [6.45, 7) is 3.29. The quantitative estimate of drug-likeness (QED) is 0.847. The first-order valence-electron chi connectivity index (χ1n) is 5.89. The SMILES string of the molecule is COc1ccnc(NCC2CCC(C)C2)n1. The molecule has 4 nitrogen and oxygen atoms in total. The first-order valence-corrected chi connectivity index (χ1v) is 5.89. The van der Waals surface area contributed by atoms with Crippen molar-refractivity contribution in [2.24, 2.45) is 11.8 Å². The number of nitrogens with zero attached hydrogens (tertiary/aromatic N) is 2. The van der Waals surface area contributed by atoms with Gasteiger partial charge in [0.05, 0.1) is 7.11 Å². The van der Waals surface area contributed by atoms with E-state index in [2.05, 4.69) is 22.2 Å². The summed E-state index contributed by atoms with van der Waals surface area (Å²) in [7, 11) is 1.62. The molecule has 0 saturated heterocycles.